The highest BCUT2D eigenvalue weighted by Gasteiger charge is 2.25. The Morgan fingerprint density at radius 1 is 1.15 bits per heavy atom. The summed E-state index contributed by atoms with van der Waals surface area (Å²) in [6.07, 6.45) is 2.98. The van der Waals surface area contributed by atoms with E-state index >= 15 is 0 Å². The quantitative estimate of drug-likeness (QED) is 0.283. The number of nitrogens with zero attached hydrogens (tertiary/aromatic N) is 2. The van der Waals surface area contributed by atoms with Crippen LogP contribution < -0.4 is 10.6 Å². The molecule has 3 N–H and O–H groups in total. The monoisotopic (exact) mass is 488 g/mol. The van der Waals surface area contributed by atoms with Gasteiger partial charge in [0.15, 0.2) is 5.96 Å². The summed E-state index contributed by atoms with van der Waals surface area (Å²) in [6.45, 7) is 10.8. The third-order valence-corrected chi connectivity index (χ3v) is 5.35. The average Bonchev–Trinajstić information content (AvgIpc) is 3.08. The molecular weight excluding hydrogens is 451 g/mol. The number of halogens is 1. The van der Waals surface area contributed by atoms with E-state index in [1.54, 1.807) is 0 Å². The minimum Gasteiger partial charge on any atom is -0.393 e. The zero-order valence-electron chi connectivity index (χ0n) is 17.0. The second-order valence-electron chi connectivity index (χ2n) is 7.01. The van der Waals surface area contributed by atoms with Crippen molar-refractivity contribution >= 4 is 29.9 Å². The molecule has 1 saturated carbocycles. The Hall–Kier alpha value is -0.860. The maximum absolute atomic E-state index is 10.0. The molecule has 1 aromatic rings. The summed E-state index contributed by atoms with van der Waals surface area (Å²) in [7, 11) is 0. The van der Waals surface area contributed by atoms with Gasteiger partial charge in [-0.05, 0) is 38.4 Å². The Kier molecular flexibility index (Phi) is 11.9. The first-order chi connectivity index (χ1) is 12.7. The maximum atomic E-state index is 10.0. The van der Waals surface area contributed by atoms with Gasteiger partial charge < -0.3 is 15.7 Å². The Morgan fingerprint density at radius 3 is 2.41 bits per heavy atom. The molecule has 154 valence electrons. The van der Waals surface area contributed by atoms with E-state index in [1.807, 2.05) is 0 Å². The summed E-state index contributed by atoms with van der Waals surface area (Å²) in [6, 6.07) is 10.9. The molecule has 0 radical (unpaired) electrons. The first kappa shape index (κ1) is 24.2. The lowest BCUT2D eigenvalue weighted by Crippen LogP contribution is -2.41. The molecule has 6 heteroatoms. The molecule has 1 aliphatic carbocycles. The number of nitrogens with one attached hydrogen (secondary N) is 2. The highest BCUT2D eigenvalue weighted by atomic mass is 127. The second kappa shape index (κ2) is 13.3. The Morgan fingerprint density at radius 2 is 1.85 bits per heavy atom. The number of aliphatic imine (C=N–C) groups is 1. The van der Waals surface area contributed by atoms with Crippen molar-refractivity contribution in [3.05, 3.63) is 35.9 Å². The van der Waals surface area contributed by atoms with E-state index in [2.05, 4.69) is 66.6 Å². The lowest BCUT2D eigenvalue weighted by molar-refractivity contribution is 0.134. The fourth-order valence-corrected chi connectivity index (χ4v) is 3.77. The van der Waals surface area contributed by atoms with Gasteiger partial charge >= 0.3 is 0 Å². The minimum atomic E-state index is -0.168. The van der Waals surface area contributed by atoms with Crippen LogP contribution >= 0.6 is 24.0 Å². The summed E-state index contributed by atoms with van der Waals surface area (Å²) >= 11 is 0. The van der Waals surface area contributed by atoms with Gasteiger partial charge in [-0.1, -0.05) is 50.6 Å². The van der Waals surface area contributed by atoms with Crippen molar-refractivity contribution in [1.29, 1.82) is 0 Å². The Balaban J connectivity index is 0.00000364. The van der Waals surface area contributed by atoms with Gasteiger partial charge in [-0.3, -0.25) is 9.89 Å². The zero-order valence-corrected chi connectivity index (χ0v) is 19.4. The highest BCUT2D eigenvalue weighted by Crippen LogP contribution is 2.24. The molecule has 27 heavy (non-hydrogen) atoms. The molecule has 1 aromatic carbocycles. The predicted molar refractivity (Wildman–Crippen MR) is 125 cm³/mol. The Bertz CT molecular complexity index is 536. The van der Waals surface area contributed by atoms with Crippen molar-refractivity contribution in [1.82, 2.24) is 15.5 Å². The molecule has 0 spiro atoms. The largest absolute Gasteiger partial charge is 0.393 e. The van der Waals surface area contributed by atoms with E-state index in [1.165, 1.54) is 5.56 Å². The lowest BCUT2D eigenvalue weighted by atomic mass is 10.1. The van der Waals surface area contributed by atoms with E-state index < -0.39 is 0 Å². The summed E-state index contributed by atoms with van der Waals surface area (Å²) < 4.78 is 0. The number of likely N-dealkylation sites (N-methyl/N-ethyl adjacent to an activating group) is 1. The molecule has 0 bridgehead atoms. The molecule has 1 fully saturated rings. The number of aliphatic hydroxyl groups excluding tert-OH is 1. The average molecular weight is 488 g/mol. The number of hydrogen-bond acceptors (Lipinski definition) is 3. The standard InChI is InChI=1S/C21H36N4O.HI/c1-4-22-21(23-15-18-13-10-14-20(18)26)24-16-19(25(5-2)6-3)17-11-8-7-9-12-17;/h7-9,11-12,18-20,26H,4-6,10,13-16H2,1-3H3,(H2,22,23,24);1H. The van der Waals surface area contributed by atoms with Crippen LogP contribution in [0.3, 0.4) is 0 Å². The van der Waals surface area contributed by atoms with Crippen molar-refractivity contribution < 1.29 is 5.11 Å². The van der Waals surface area contributed by atoms with Crippen molar-refractivity contribution in [2.75, 3.05) is 32.7 Å². The fourth-order valence-electron chi connectivity index (χ4n) is 3.77. The van der Waals surface area contributed by atoms with E-state index in [0.29, 0.717) is 12.5 Å². The van der Waals surface area contributed by atoms with Crippen LogP contribution in [0.5, 0.6) is 0 Å². The van der Waals surface area contributed by atoms with Crippen molar-refractivity contribution in [2.45, 2.75) is 52.2 Å². The molecular formula is C21H37IN4O. The molecule has 0 heterocycles. The molecule has 5 nitrogen and oxygen atoms in total. The SMILES string of the molecule is CCNC(=NCC(c1ccccc1)N(CC)CC)NCC1CCCC1O.I. The fraction of sp³-hybridized carbons (Fsp3) is 0.667. The first-order valence-corrected chi connectivity index (χ1v) is 10.2. The molecule has 2 rings (SSSR count). The molecule has 0 aliphatic heterocycles. The molecule has 3 unspecified atom stereocenters. The molecule has 0 saturated heterocycles. The predicted octanol–water partition coefficient (Wildman–Crippen LogP) is 3.40. The molecule has 1 aliphatic rings. The first-order valence-electron chi connectivity index (χ1n) is 10.2. The van der Waals surface area contributed by atoms with Crippen LogP contribution in [0.4, 0.5) is 0 Å². The summed E-state index contributed by atoms with van der Waals surface area (Å²) in [4.78, 5) is 7.31. The van der Waals surface area contributed by atoms with Crippen LogP contribution in [0.2, 0.25) is 0 Å². The van der Waals surface area contributed by atoms with Crippen LogP contribution in [-0.4, -0.2) is 54.8 Å². The number of rotatable bonds is 9. The van der Waals surface area contributed by atoms with Gasteiger partial charge in [-0.25, -0.2) is 0 Å². The topological polar surface area (TPSA) is 59.9 Å². The van der Waals surface area contributed by atoms with E-state index in [-0.39, 0.29) is 36.1 Å². The number of benzene rings is 1. The summed E-state index contributed by atoms with van der Waals surface area (Å²) in [5, 5.41) is 16.8. The lowest BCUT2D eigenvalue weighted by Gasteiger charge is -2.29. The third kappa shape index (κ3) is 7.58. The van der Waals surface area contributed by atoms with Crippen molar-refractivity contribution in [2.24, 2.45) is 10.9 Å². The van der Waals surface area contributed by atoms with Crippen LogP contribution in [0.1, 0.15) is 51.6 Å². The van der Waals surface area contributed by atoms with Crippen LogP contribution in [0.15, 0.2) is 35.3 Å². The smallest absolute Gasteiger partial charge is 0.191 e. The third-order valence-electron chi connectivity index (χ3n) is 5.35. The number of hydrogen-bond donors (Lipinski definition) is 3. The van der Waals surface area contributed by atoms with Gasteiger partial charge in [0.25, 0.3) is 0 Å². The van der Waals surface area contributed by atoms with Gasteiger partial charge in [0.2, 0.25) is 0 Å². The van der Waals surface area contributed by atoms with Gasteiger partial charge in [-0.2, -0.15) is 0 Å². The summed E-state index contributed by atoms with van der Waals surface area (Å²) in [5.41, 5.74) is 1.31. The van der Waals surface area contributed by atoms with Gasteiger partial charge in [0, 0.05) is 19.0 Å². The van der Waals surface area contributed by atoms with Gasteiger partial charge in [-0.15, -0.1) is 24.0 Å². The number of guanidine groups is 1. The van der Waals surface area contributed by atoms with Crippen LogP contribution in [0.25, 0.3) is 0 Å². The van der Waals surface area contributed by atoms with E-state index in [9.17, 15) is 5.11 Å². The van der Waals surface area contributed by atoms with Gasteiger partial charge in [0.05, 0.1) is 18.7 Å². The number of aliphatic hydroxyl groups is 1. The molecule has 3 atom stereocenters. The minimum absolute atomic E-state index is 0. The van der Waals surface area contributed by atoms with E-state index in [4.69, 9.17) is 4.99 Å². The second-order valence-corrected chi connectivity index (χ2v) is 7.01. The molecule has 0 aromatic heterocycles. The maximum Gasteiger partial charge on any atom is 0.191 e. The molecule has 0 amide bonds. The van der Waals surface area contributed by atoms with Gasteiger partial charge in [0.1, 0.15) is 0 Å². The highest BCUT2D eigenvalue weighted by molar-refractivity contribution is 14.0. The van der Waals surface area contributed by atoms with Crippen LogP contribution in [-0.2, 0) is 0 Å². The Labute approximate surface area is 182 Å². The zero-order chi connectivity index (χ0) is 18.8. The normalized spacial score (nSPS) is 21.0. The van der Waals surface area contributed by atoms with Crippen LogP contribution in [0, 0.1) is 5.92 Å². The van der Waals surface area contributed by atoms with E-state index in [0.717, 1.165) is 51.4 Å². The summed E-state index contributed by atoms with van der Waals surface area (Å²) in [5.74, 6) is 1.19. The van der Waals surface area contributed by atoms with Crippen molar-refractivity contribution in [3.8, 4) is 0 Å². The van der Waals surface area contributed by atoms with Crippen molar-refractivity contribution in [3.63, 3.8) is 0 Å².